The molecule has 2 saturated heterocycles. The van der Waals surface area contributed by atoms with E-state index in [1.165, 1.54) is 31.2 Å². The Hall–Kier alpha value is -1.18. The molecule has 3 aliphatic rings. The molecule has 1 aliphatic carbocycles. The lowest BCUT2D eigenvalue weighted by molar-refractivity contribution is 0.0237. The van der Waals surface area contributed by atoms with Crippen LogP contribution in [0, 0.1) is 5.92 Å². The summed E-state index contributed by atoms with van der Waals surface area (Å²) in [4.78, 5) is 5.34. The normalized spacial score (nSPS) is 30.1. The summed E-state index contributed by atoms with van der Waals surface area (Å²) in [6.07, 6.45) is 6.34. The average Bonchev–Trinajstić information content (AvgIpc) is 3.41. The van der Waals surface area contributed by atoms with Crippen LogP contribution in [0.1, 0.15) is 43.7 Å². The Kier molecular flexibility index (Phi) is 6.86. The fourth-order valence-electron chi connectivity index (χ4n) is 5.43. The highest BCUT2D eigenvalue weighted by Gasteiger charge is 2.36. The van der Waals surface area contributed by atoms with Crippen molar-refractivity contribution in [1.82, 2.24) is 20.7 Å². The first-order valence-electron chi connectivity index (χ1n) is 11.0. The summed E-state index contributed by atoms with van der Waals surface area (Å²) < 4.78 is 5.30. The number of nitrogens with one attached hydrogen (secondary N) is 2. The van der Waals surface area contributed by atoms with E-state index in [0.29, 0.717) is 24.6 Å². The van der Waals surface area contributed by atoms with Crippen molar-refractivity contribution in [2.75, 3.05) is 46.4 Å². The molecular weight excluding hydrogens is 352 g/mol. The van der Waals surface area contributed by atoms with E-state index in [1.54, 1.807) is 7.11 Å². The van der Waals surface area contributed by atoms with Gasteiger partial charge < -0.3 is 14.7 Å². The molecule has 1 saturated carbocycles. The van der Waals surface area contributed by atoms with Crippen molar-refractivity contribution in [3.63, 3.8) is 0 Å². The highest BCUT2D eigenvalue weighted by atomic mass is 16.5. The number of benzene rings is 1. The molecule has 28 heavy (non-hydrogen) atoms. The number of hydrogen-bond acceptors (Lipinski definition) is 6. The summed E-state index contributed by atoms with van der Waals surface area (Å²) >= 11 is 0. The summed E-state index contributed by atoms with van der Waals surface area (Å²) in [5.74, 6) is 1.45. The predicted molar refractivity (Wildman–Crippen MR) is 111 cm³/mol. The number of rotatable bonds is 7. The van der Waals surface area contributed by atoms with Gasteiger partial charge >= 0.3 is 0 Å². The number of aliphatic hydroxyl groups is 1. The van der Waals surface area contributed by atoms with Crippen LogP contribution in [0.3, 0.4) is 0 Å². The Labute approximate surface area is 169 Å². The number of hydrogen-bond donors (Lipinski definition) is 3. The van der Waals surface area contributed by atoms with Crippen LogP contribution < -0.4 is 15.6 Å². The van der Waals surface area contributed by atoms with Gasteiger partial charge in [0, 0.05) is 57.3 Å². The van der Waals surface area contributed by atoms with E-state index in [9.17, 15) is 5.11 Å². The van der Waals surface area contributed by atoms with Gasteiger partial charge in [-0.25, -0.2) is 5.43 Å². The summed E-state index contributed by atoms with van der Waals surface area (Å²) in [5, 5.41) is 9.61. The van der Waals surface area contributed by atoms with Crippen LogP contribution in [-0.4, -0.2) is 73.4 Å². The van der Waals surface area contributed by atoms with Gasteiger partial charge in [-0.05, 0) is 37.0 Å². The van der Waals surface area contributed by atoms with Crippen molar-refractivity contribution in [3.8, 4) is 5.75 Å². The first kappa shape index (κ1) is 20.1. The summed E-state index contributed by atoms with van der Waals surface area (Å²) in [5.41, 5.74) is 8.16. The lowest BCUT2D eigenvalue weighted by atomic mass is 9.93. The summed E-state index contributed by atoms with van der Waals surface area (Å²) in [6.45, 7) is 5.76. The Morgan fingerprint density at radius 1 is 1.14 bits per heavy atom. The quantitative estimate of drug-likeness (QED) is 0.662. The second-order valence-electron chi connectivity index (χ2n) is 8.64. The molecule has 0 bridgehead atoms. The van der Waals surface area contributed by atoms with Crippen molar-refractivity contribution >= 4 is 0 Å². The minimum Gasteiger partial charge on any atom is -0.497 e. The zero-order valence-electron chi connectivity index (χ0n) is 17.1. The molecule has 2 heterocycles. The van der Waals surface area contributed by atoms with Crippen molar-refractivity contribution in [2.24, 2.45) is 5.92 Å². The van der Waals surface area contributed by atoms with Gasteiger partial charge in [-0.3, -0.25) is 10.3 Å². The van der Waals surface area contributed by atoms with Gasteiger partial charge in [0.15, 0.2) is 0 Å². The van der Waals surface area contributed by atoms with Crippen LogP contribution in [0.4, 0.5) is 0 Å². The summed E-state index contributed by atoms with van der Waals surface area (Å²) in [7, 11) is 1.71. The first-order valence-corrected chi connectivity index (χ1v) is 11.0. The van der Waals surface area contributed by atoms with Gasteiger partial charge in [-0.15, -0.1) is 0 Å². The topological polar surface area (TPSA) is 60.0 Å². The Bertz CT molecular complexity index is 605. The van der Waals surface area contributed by atoms with Crippen molar-refractivity contribution < 1.29 is 9.84 Å². The van der Waals surface area contributed by atoms with Crippen LogP contribution in [0.2, 0.25) is 0 Å². The first-order chi connectivity index (χ1) is 13.8. The van der Waals surface area contributed by atoms with Crippen molar-refractivity contribution in [2.45, 2.75) is 50.2 Å². The van der Waals surface area contributed by atoms with E-state index in [1.807, 2.05) is 12.1 Å². The third-order valence-corrected chi connectivity index (χ3v) is 6.93. The molecule has 156 valence electrons. The van der Waals surface area contributed by atoms with Crippen molar-refractivity contribution in [1.29, 1.82) is 0 Å². The number of aliphatic hydroxyl groups excluding tert-OH is 1. The van der Waals surface area contributed by atoms with E-state index in [-0.39, 0.29) is 0 Å². The average molecular weight is 389 g/mol. The largest absolute Gasteiger partial charge is 0.497 e. The van der Waals surface area contributed by atoms with Gasteiger partial charge in [0.2, 0.25) is 0 Å². The third-order valence-electron chi connectivity index (χ3n) is 6.93. The van der Waals surface area contributed by atoms with Crippen LogP contribution in [0.5, 0.6) is 5.75 Å². The fraction of sp³-hybridized carbons (Fsp3) is 0.727. The third kappa shape index (κ3) is 4.52. The zero-order valence-corrected chi connectivity index (χ0v) is 17.1. The van der Waals surface area contributed by atoms with Gasteiger partial charge in [-0.2, -0.15) is 0 Å². The minimum absolute atomic E-state index is 0.294. The molecule has 0 aromatic heterocycles. The molecule has 3 fully saturated rings. The number of piperazine rings is 1. The van der Waals surface area contributed by atoms with Crippen LogP contribution in [-0.2, 0) is 0 Å². The zero-order chi connectivity index (χ0) is 19.3. The highest BCUT2D eigenvalue weighted by Crippen LogP contribution is 2.30. The van der Waals surface area contributed by atoms with Gasteiger partial charge in [-0.1, -0.05) is 25.0 Å². The second kappa shape index (κ2) is 9.55. The van der Waals surface area contributed by atoms with Crippen LogP contribution in [0.15, 0.2) is 24.3 Å². The molecule has 3 N–H and O–H groups in total. The maximum Gasteiger partial charge on any atom is 0.118 e. The van der Waals surface area contributed by atoms with Gasteiger partial charge in [0.05, 0.1) is 13.2 Å². The lowest BCUT2D eigenvalue weighted by Crippen LogP contribution is -2.57. The molecule has 6 nitrogen and oxygen atoms in total. The fourth-order valence-corrected chi connectivity index (χ4v) is 5.43. The van der Waals surface area contributed by atoms with E-state index >= 15 is 0 Å². The Morgan fingerprint density at radius 2 is 1.93 bits per heavy atom. The maximum absolute atomic E-state index is 9.61. The molecule has 3 unspecified atom stereocenters. The number of ether oxygens (including phenoxy) is 1. The second-order valence-corrected chi connectivity index (χ2v) is 8.64. The molecule has 0 radical (unpaired) electrons. The van der Waals surface area contributed by atoms with Crippen molar-refractivity contribution in [3.05, 3.63) is 29.8 Å². The van der Waals surface area contributed by atoms with E-state index in [4.69, 9.17) is 4.74 Å². The lowest BCUT2D eigenvalue weighted by Gasteiger charge is -2.45. The summed E-state index contributed by atoms with van der Waals surface area (Å²) in [6, 6.07) is 10.0. The van der Waals surface area contributed by atoms with Gasteiger partial charge in [0.1, 0.15) is 5.75 Å². The molecule has 0 amide bonds. The molecule has 1 aromatic rings. The highest BCUT2D eigenvalue weighted by molar-refractivity contribution is 5.30. The molecule has 0 spiro atoms. The minimum atomic E-state index is 0.294. The van der Waals surface area contributed by atoms with E-state index in [0.717, 1.165) is 50.9 Å². The maximum atomic E-state index is 9.61. The Morgan fingerprint density at radius 3 is 2.64 bits per heavy atom. The molecule has 4 rings (SSSR count). The monoisotopic (exact) mass is 388 g/mol. The number of methoxy groups -OCH3 is 1. The van der Waals surface area contributed by atoms with Gasteiger partial charge in [0.25, 0.3) is 0 Å². The smallest absolute Gasteiger partial charge is 0.118 e. The molecule has 2 aliphatic heterocycles. The SMILES string of the molecule is COc1ccc(C2NNCC2CN2CCN(C3CCCC3)C(CCO)C2)cc1. The van der Waals surface area contributed by atoms with E-state index in [2.05, 4.69) is 32.8 Å². The predicted octanol–water partition coefficient (Wildman–Crippen LogP) is 1.77. The van der Waals surface area contributed by atoms with E-state index < -0.39 is 0 Å². The molecule has 6 heteroatoms. The molecule has 3 atom stereocenters. The van der Waals surface area contributed by atoms with Crippen LogP contribution >= 0.6 is 0 Å². The number of hydrazine groups is 1. The molecule has 1 aromatic carbocycles. The number of nitrogens with zero attached hydrogens (tertiary/aromatic N) is 2. The van der Waals surface area contributed by atoms with Crippen LogP contribution in [0.25, 0.3) is 0 Å². The standard InChI is InChI=1S/C22H36N4O2/c1-28-21-8-6-17(7-9-21)22-18(14-23-24-22)15-25-11-12-26(19-4-2-3-5-19)20(16-25)10-13-27/h6-9,18-20,22-24,27H,2-5,10-16H2,1H3. The molecular formula is C22H36N4O2. The Balaban J connectivity index is 1.37.